The second-order valence-corrected chi connectivity index (χ2v) is 5.72. The van der Waals surface area contributed by atoms with Crippen molar-refractivity contribution < 1.29 is 4.79 Å². The Labute approximate surface area is 113 Å². The van der Waals surface area contributed by atoms with Crippen molar-refractivity contribution in [3.63, 3.8) is 0 Å². The molecule has 0 unspecified atom stereocenters. The van der Waals surface area contributed by atoms with Crippen LogP contribution >= 0.6 is 11.8 Å². The van der Waals surface area contributed by atoms with Crippen LogP contribution in [0.25, 0.3) is 0 Å². The van der Waals surface area contributed by atoms with Crippen LogP contribution in [0.4, 0.5) is 0 Å². The summed E-state index contributed by atoms with van der Waals surface area (Å²) in [6.45, 7) is 3.82. The van der Waals surface area contributed by atoms with E-state index in [1.54, 1.807) is 11.8 Å². The lowest BCUT2D eigenvalue weighted by atomic mass is 10.1. The predicted octanol–water partition coefficient (Wildman–Crippen LogP) is 2.42. The Hall–Kier alpha value is -1.00. The van der Waals surface area contributed by atoms with Gasteiger partial charge in [0.2, 0.25) is 5.91 Å². The standard InChI is InChI=1S/C14H20N2OS/c1-11(15)12-6-2-3-7-13(12)18-10-14(17)16-8-4-5-9-16/h2-3,6-7,11H,4-5,8-10,15H2,1H3/t11-/m1/s1. The van der Waals surface area contributed by atoms with E-state index in [0.29, 0.717) is 5.75 Å². The minimum Gasteiger partial charge on any atom is -0.342 e. The lowest BCUT2D eigenvalue weighted by molar-refractivity contribution is -0.127. The van der Waals surface area contributed by atoms with Gasteiger partial charge in [0.15, 0.2) is 0 Å². The van der Waals surface area contributed by atoms with Crippen LogP contribution in [0.3, 0.4) is 0 Å². The molecular formula is C14H20N2OS. The van der Waals surface area contributed by atoms with Gasteiger partial charge in [-0.15, -0.1) is 11.8 Å². The maximum Gasteiger partial charge on any atom is 0.232 e. The van der Waals surface area contributed by atoms with E-state index in [-0.39, 0.29) is 11.9 Å². The monoisotopic (exact) mass is 264 g/mol. The summed E-state index contributed by atoms with van der Waals surface area (Å²) in [5, 5.41) is 0. The third kappa shape index (κ3) is 3.27. The van der Waals surface area contributed by atoms with Crippen molar-refractivity contribution in [2.75, 3.05) is 18.8 Å². The van der Waals surface area contributed by atoms with E-state index >= 15 is 0 Å². The van der Waals surface area contributed by atoms with Gasteiger partial charge in [0.25, 0.3) is 0 Å². The number of nitrogens with two attached hydrogens (primary N) is 1. The number of amides is 1. The Morgan fingerprint density at radius 2 is 2.06 bits per heavy atom. The Bertz CT molecular complexity index is 414. The maximum atomic E-state index is 12.0. The normalized spacial score (nSPS) is 16.9. The number of hydrogen-bond acceptors (Lipinski definition) is 3. The average Bonchev–Trinajstić information content (AvgIpc) is 2.90. The van der Waals surface area contributed by atoms with E-state index in [1.165, 1.54) is 0 Å². The molecule has 1 aliphatic rings. The van der Waals surface area contributed by atoms with E-state index in [4.69, 9.17) is 5.73 Å². The number of hydrogen-bond donors (Lipinski definition) is 1. The number of rotatable bonds is 4. The lowest BCUT2D eigenvalue weighted by Gasteiger charge is -2.16. The van der Waals surface area contributed by atoms with E-state index < -0.39 is 0 Å². The molecule has 0 aliphatic carbocycles. The van der Waals surface area contributed by atoms with E-state index in [1.807, 2.05) is 36.1 Å². The van der Waals surface area contributed by atoms with Crippen molar-refractivity contribution in [2.24, 2.45) is 5.73 Å². The van der Waals surface area contributed by atoms with E-state index in [2.05, 4.69) is 0 Å². The Balaban J connectivity index is 1.95. The first kappa shape index (κ1) is 13.4. The predicted molar refractivity (Wildman–Crippen MR) is 75.6 cm³/mol. The van der Waals surface area contributed by atoms with Gasteiger partial charge in [-0.2, -0.15) is 0 Å². The molecule has 0 bridgehead atoms. The molecule has 4 heteroatoms. The summed E-state index contributed by atoms with van der Waals surface area (Å²) in [6, 6.07) is 8.07. The van der Waals surface area contributed by atoms with E-state index in [9.17, 15) is 4.79 Å². The zero-order valence-electron chi connectivity index (χ0n) is 10.8. The van der Waals surface area contributed by atoms with Crippen LogP contribution < -0.4 is 5.73 Å². The second-order valence-electron chi connectivity index (χ2n) is 4.70. The molecule has 1 atom stereocenters. The topological polar surface area (TPSA) is 46.3 Å². The van der Waals surface area contributed by atoms with Crippen LogP contribution in [0.5, 0.6) is 0 Å². The summed E-state index contributed by atoms with van der Waals surface area (Å²) in [5.74, 6) is 0.765. The second kappa shape index (κ2) is 6.25. The fourth-order valence-corrected chi connectivity index (χ4v) is 3.24. The van der Waals surface area contributed by atoms with Crippen molar-refractivity contribution >= 4 is 17.7 Å². The largest absolute Gasteiger partial charge is 0.342 e. The van der Waals surface area contributed by atoms with Gasteiger partial charge < -0.3 is 10.6 Å². The Morgan fingerprint density at radius 3 is 2.72 bits per heavy atom. The molecule has 3 nitrogen and oxygen atoms in total. The minimum absolute atomic E-state index is 0.00980. The van der Waals surface area contributed by atoms with Crippen molar-refractivity contribution in [3.8, 4) is 0 Å². The number of carbonyl (C=O) groups excluding carboxylic acids is 1. The lowest BCUT2D eigenvalue weighted by Crippen LogP contribution is -2.29. The molecule has 1 saturated heterocycles. The first-order chi connectivity index (χ1) is 8.68. The summed E-state index contributed by atoms with van der Waals surface area (Å²) >= 11 is 1.60. The Morgan fingerprint density at radius 1 is 1.39 bits per heavy atom. The first-order valence-electron chi connectivity index (χ1n) is 6.43. The number of thioether (sulfide) groups is 1. The third-order valence-electron chi connectivity index (χ3n) is 3.22. The summed E-state index contributed by atoms with van der Waals surface area (Å²) in [7, 11) is 0. The highest BCUT2D eigenvalue weighted by atomic mass is 32.2. The van der Waals surface area contributed by atoms with Crippen molar-refractivity contribution in [1.29, 1.82) is 0 Å². The van der Waals surface area contributed by atoms with Crippen LogP contribution in [0.2, 0.25) is 0 Å². The van der Waals surface area contributed by atoms with Gasteiger partial charge in [0, 0.05) is 24.0 Å². The van der Waals surface area contributed by atoms with Crippen molar-refractivity contribution in [1.82, 2.24) is 4.90 Å². The Kier molecular flexibility index (Phi) is 4.66. The van der Waals surface area contributed by atoms with Crippen LogP contribution in [0, 0.1) is 0 Å². The fraction of sp³-hybridized carbons (Fsp3) is 0.500. The molecule has 2 rings (SSSR count). The molecule has 98 valence electrons. The van der Waals surface area contributed by atoms with Gasteiger partial charge in [-0.1, -0.05) is 18.2 Å². The van der Waals surface area contributed by atoms with Gasteiger partial charge in [-0.3, -0.25) is 4.79 Å². The van der Waals surface area contributed by atoms with Gasteiger partial charge in [-0.25, -0.2) is 0 Å². The van der Waals surface area contributed by atoms with Crippen LogP contribution in [-0.4, -0.2) is 29.6 Å². The quantitative estimate of drug-likeness (QED) is 0.850. The molecule has 0 spiro atoms. The molecule has 1 aromatic carbocycles. The molecule has 0 radical (unpaired) electrons. The zero-order chi connectivity index (χ0) is 13.0. The summed E-state index contributed by atoms with van der Waals surface area (Å²) in [4.78, 5) is 15.1. The zero-order valence-corrected chi connectivity index (χ0v) is 11.6. The summed E-state index contributed by atoms with van der Waals surface area (Å²) < 4.78 is 0. The number of carbonyl (C=O) groups is 1. The molecule has 1 amide bonds. The minimum atomic E-state index is 0.00980. The highest BCUT2D eigenvalue weighted by molar-refractivity contribution is 8.00. The highest BCUT2D eigenvalue weighted by Crippen LogP contribution is 2.26. The first-order valence-corrected chi connectivity index (χ1v) is 7.42. The van der Waals surface area contributed by atoms with Crippen molar-refractivity contribution in [2.45, 2.75) is 30.7 Å². The molecular weight excluding hydrogens is 244 g/mol. The number of nitrogens with zero attached hydrogens (tertiary/aromatic N) is 1. The third-order valence-corrected chi connectivity index (χ3v) is 4.29. The van der Waals surface area contributed by atoms with Crippen molar-refractivity contribution in [3.05, 3.63) is 29.8 Å². The van der Waals surface area contributed by atoms with Gasteiger partial charge in [0.1, 0.15) is 0 Å². The average molecular weight is 264 g/mol. The van der Waals surface area contributed by atoms with Gasteiger partial charge in [0.05, 0.1) is 5.75 Å². The van der Waals surface area contributed by atoms with E-state index in [0.717, 1.165) is 36.4 Å². The van der Waals surface area contributed by atoms with Gasteiger partial charge >= 0.3 is 0 Å². The number of benzene rings is 1. The molecule has 2 N–H and O–H groups in total. The summed E-state index contributed by atoms with van der Waals surface area (Å²) in [5.41, 5.74) is 7.06. The molecule has 0 saturated carbocycles. The van der Waals surface area contributed by atoms with Crippen LogP contribution in [0.15, 0.2) is 29.2 Å². The number of likely N-dealkylation sites (tertiary alicyclic amines) is 1. The van der Waals surface area contributed by atoms with Crippen LogP contribution in [-0.2, 0) is 4.79 Å². The highest BCUT2D eigenvalue weighted by Gasteiger charge is 2.18. The molecule has 1 fully saturated rings. The molecule has 18 heavy (non-hydrogen) atoms. The maximum absolute atomic E-state index is 12.0. The van der Waals surface area contributed by atoms with Crippen LogP contribution in [0.1, 0.15) is 31.4 Å². The molecule has 1 aliphatic heterocycles. The molecule has 1 aromatic rings. The molecule has 0 aromatic heterocycles. The summed E-state index contributed by atoms with van der Waals surface area (Å²) in [6.07, 6.45) is 2.29. The SMILES string of the molecule is C[C@@H](N)c1ccccc1SCC(=O)N1CCCC1. The fourth-order valence-electron chi connectivity index (χ4n) is 2.19. The molecule has 1 heterocycles. The smallest absolute Gasteiger partial charge is 0.232 e. The van der Waals surface area contributed by atoms with Gasteiger partial charge in [-0.05, 0) is 31.4 Å².